The van der Waals surface area contributed by atoms with Gasteiger partial charge in [-0.2, -0.15) is 0 Å². The van der Waals surface area contributed by atoms with E-state index in [0.717, 1.165) is 47.5 Å². The first-order valence-corrected chi connectivity index (χ1v) is 18.1. The van der Waals surface area contributed by atoms with Gasteiger partial charge in [-0.3, -0.25) is 9.69 Å². The van der Waals surface area contributed by atoms with Crippen LogP contribution in [0.2, 0.25) is 0 Å². The predicted octanol–water partition coefficient (Wildman–Crippen LogP) is 6.34. The van der Waals surface area contributed by atoms with E-state index in [9.17, 15) is 9.59 Å². The number of halogens is 1. The van der Waals surface area contributed by atoms with Crippen molar-refractivity contribution < 1.29 is 33.3 Å². The Morgan fingerprint density at radius 1 is 1.22 bits per heavy atom. The summed E-state index contributed by atoms with van der Waals surface area (Å²) in [6, 6.07) is 5.60. The number of pyridine rings is 1. The molecule has 0 aliphatic heterocycles. The lowest BCUT2D eigenvalue weighted by atomic mass is 10.0. The standard InChI is InChI=1S/C37H49FN4O6S/c1-7-47-36(45)37(19-24(37)12-10-8-9-11-15-42(5)21-43)41-34(44)27-16-25(17-28(27)38)48-32-18-29(35-40-30(20-49-35)22(2)3)39-33-23(4)31(46-6)14-13-26(32)33/h10,12-14,18,20,22,24-25,27-28,43H,7-9,11,15-17,19,21H2,1-6H3,(H,41,44)/b12-10-/t24-,25-,27-,28-,37-/m1/s1. The number of thiazole rings is 1. The summed E-state index contributed by atoms with van der Waals surface area (Å²) in [7, 11) is 3.47. The van der Waals surface area contributed by atoms with Crippen molar-refractivity contribution in [2.45, 2.75) is 90.0 Å². The summed E-state index contributed by atoms with van der Waals surface area (Å²) in [5.41, 5.74) is 2.01. The van der Waals surface area contributed by atoms with Crippen LogP contribution in [0.3, 0.4) is 0 Å². The first-order chi connectivity index (χ1) is 23.5. The summed E-state index contributed by atoms with van der Waals surface area (Å²) in [6.07, 6.45) is 5.28. The average Bonchev–Trinajstić information content (AvgIpc) is 3.36. The molecule has 2 aliphatic rings. The fourth-order valence-electron chi connectivity index (χ4n) is 6.46. The number of aliphatic hydroxyl groups excluding tert-OH is 1. The number of fused-ring (bicyclic) bond motifs is 1. The summed E-state index contributed by atoms with van der Waals surface area (Å²) in [6.45, 7) is 8.85. The fourth-order valence-corrected chi connectivity index (χ4v) is 7.40. The maximum atomic E-state index is 15.6. The molecule has 5 atom stereocenters. The van der Waals surface area contributed by atoms with E-state index in [2.05, 4.69) is 19.2 Å². The Bertz CT molecular complexity index is 1660. The highest BCUT2D eigenvalue weighted by atomic mass is 32.1. The number of hydrogen-bond donors (Lipinski definition) is 2. The molecule has 2 fully saturated rings. The number of alkyl halides is 1. The molecule has 2 saturated carbocycles. The van der Waals surface area contributed by atoms with Gasteiger partial charge < -0.3 is 24.6 Å². The molecule has 1 amide bonds. The summed E-state index contributed by atoms with van der Waals surface area (Å²) in [5.74, 6) is -0.665. The summed E-state index contributed by atoms with van der Waals surface area (Å²) >= 11 is 1.51. The van der Waals surface area contributed by atoms with Crippen molar-refractivity contribution in [3.63, 3.8) is 0 Å². The second-order valence-electron chi connectivity index (χ2n) is 13.5. The molecule has 12 heteroatoms. The third-order valence-electron chi connectivity index (χ3n) is 9.54. The maximum Gasteiger partial charge on any atom is 0.332 e. The van der Waals surface area contributed by atoms with Gasteiger partial charge in [-0.15, -0.1) is 11.3 Å². The second kappa shape index (κ2) is 15.9. The van der Waals surface area contributed by atoms with Crippen LogP contribution < -0.4 is 14.8 Å². The smallest absolute Gasteiger partial charge is 0.332 e. The van der Waals surface area contributed by atoms with E-state index in [1.54, 1.807) is 14.0 Å². The topological polar surface area (TPSA) is 123 Å². The summed E-state index contributed by atoms with van der Waals surface area (Å²) in [5, 5.41) is 15.6. The van der Waals surface area contributed by atoms with Crippen molar-refractivity contribution in [2.75, 3.05) is 34.0 Å². The van der Waals surface area contributed by atoms with E-state index in [1.165, 1.54) is 11.3 Å². The number of allylic oxidation sites excluding steroid dienone is 1. The van der Waals surface area contributed by atoms with Crippen LogP contribution >= 0.6 is 11.3 Å². The van der Waals surface area contributed by atoms with E-state index in [-0.39, 0.29) is 38.0 Å². The number of aryl methyl sites for hydroxylation is 1. The van der Waals surface area contributed by atoms with E-state index in [1.807, 2.05) is 54.6 Å². The molecule has 49 heavy (non-hydrogen) atoms. The van der Waals surface area contributed by atoms with Crippen LogP contribution in [0, 0.1) is 18.8 Å². The number of nitrogens with zero attached hydrogens (tertiary/aromatic N) is 3. The number of carbonyl (C=O) groups excluding carboxylic acids is 2. The van der Waals surface area contributed by atoms with Gasteiger partial charge in [0.2, 0.25) is 5.91 Å². The molecule has 266 valence electrons. The monoisotopic (exact) mass is 696 g/mol. The van der Waals surface area contributed by atoms with Crippen LogP contribution in [0.15, 0.2) is 35.7 Å². The molecule has 2 aliphatic carbocycles. The van der Waals surface area contributed by atoms with E-state index in [0.29, 0.717) is 29.1 Å². The molecule has 2 aromatic heterocycles. The zero-order chi connectivity index (χ0) is 35.3. The summed E-state index contributed by atoms with van der Waals surface area (Å²) < 4.78 is 33.0. The zero-order valence-electron chi connectivity index (χ0n) is 29.3. The highest BCUT2D eigenvalue weighted by Gasteiger charge is 2.62. The van der Waals surface area contributed by atoms with Crippen LogP contribution in [0.25, 0.3) is 21.6 Å². The highest BCUT2D eigenvalue weighted by molar-refractivity contribution is 7.13. The maximum absolute atomic E-state index is 15.6. The Balaban J connectivity index is 1.30. The zero-order valence-corrected chi connectivity index (χ0v) is 30.1. The molecule has 2 N–H and O–H groups in total. The Hall–Kier alpha value is -3.61. The average molecular weight is 697 g/mol. The number of esters is 1. The second-order valence-corrected chi connectivity index (χ2v) is 14.4. The van der Waals surface area contributed by atoms with Gasteiger partial charge in [0.05, 0.1) is 37.6 Å². The minimum Gasteiger partial charge on any atom is -0.496 e. The molecular weight excluding hydrogens is 647 g/mol. The van der Waals surface area contributed by atoms with Crippen LogP contribution in [0.5, 0.6) is 11.5 Å². The molecule has 3 aromatic rings. The third-order valence-corrected chi connectivity index (χ3v) is 10.4. The van der Waals surface area contributed by atoms with Gasteiger partial charge >= 0.3 is 5.97 Å². The predicted molar refractivity (Wildman–Crippen MR) is 189 cm³/mol. The highest BCUT2D eigenvalue weighted by Crippen LogP contribution is 2.47. The Kier molecular flexibility index (Phi) is 11.9. The number of amides is 1. The number of nitrogens with one attached hydrogen (secondary N) is 1. The molecule has 0 radical (unpaired) electrons. The number of carbonyl (C=O) groups is 2. The van der Waals surface area contributed by atoms with E-state index < -0.39 is 35.6 Å². The van der Waals surface area contributed by atoms with Crippen LogP contribution in [0.4, 0.5) is 4.39 Å². The Labute approximate surface area is 292 Å². The van der Waals surface area contributed by atoms with Crippen molar-refractivity contribution in [1.29, 1.82) is 0 Å². The number of unbranched alkanes of at least 4 members (excludes halogenated alkanes) is 2. The van der Waals surface area contributed by atoms with Crippen LogP contribution in [0.1, 0.15) is 76.5 Å². The molecule has 0 bridgehead atoms. The fraction of sp³-hybridized carbons (Fsp3) is 0.568. The number of benzene rings is 1. The van der Waals surface area contributed by atoms with Crippen molar-refractivity contribution in [3.05, 3.63) is 47.0 Å². The molecule has 5 rings (SSSR count). The van der Waals surface area contributed by atoms with E-state index >= 15 is 4.39 Å². The lowest BCUT2D eigenvalue weighted by molar-refractivity contribution is -0.149. The third kappa shape index (κ3) is 8.24. The van der Waals surface area contributed by atoms with Crippen LogP contribution in [-0.4, -0.2) is 83.7 Å². The van der Waals surface area contributed by atoms with Gasteiger partial charge in [0.1, 0.15) is 40.0 Å². The van der Waals surface area contributed by atoms with Crippen molar-refractivity contribution in [1.82, 2.24) is 20.2 Å². The normalized spacial score (nSPS) is 23.5. The number of rotatable bonds is 16. The number of ether oxygens (including phenoxy) is 3. The summed E-state index contributed by atoms with van der Waals surface area (Å²) in [4.78, 5) is 38.2. The van der Waals surface area contributed by atoms with Gasteiger partial charge in [0.15, 0.2) is 0 Å². The minimum absolute atomic E-state index is 0.0246. The Morgan fingerprint density at radius 2 is 2.02 bits per heavy atom. The lowest BCUT2D eigenvalue weighted by Crippen LogP contribution is -2.49. The van der Waals surface area contributed by atoms with Crippen molar-refractivity contribution >= 4 is 34.1 Å². The molecule has 2 heterocycles. The quantitative estimate of drug-likeness (QED) is 0.0765. The van der Waals surface area contributed by atoms with Crippen molar-refractivity contribution in [3.8, 4) is 22.2 Å². The number of aromatic nitrogens is 2. The first kappa shape index (κ1) is 36.7. The molecule has 0 spiro atoms. The van der Waals surface area contributed by atoms with Gasteiger partial charge in [-0.1, -0.05) is 26.0 Å². The first-order valence-electron chi connectivity index (χ1n) is 17.2. The molecular formula is C37H49FN4O6S. The van der Waals surface area contributed by atoms with Gasteiger partial charge in [-0.25, -0.2) is 19.2 Å². The number of hydrogen-bond acceptors (Lipinski definition) is 10. The minimum atomic E-state index is -1.43. The lowest BCUT2D eigenvalue weighted by Gasteiger charge is -2.21. The van der Waals surface area contributed by atoms with Gasteiger partial charge in [0.25, 0.3) is 0 Å². The van der Waals surface area contributed by atoms with Crippen molar-refractivity contribution in [2.24, 2.45) is 11.8 Å². The van der Waals surface area contributed by atoms with Gasteiger partial charge in [-0.05, 0) is 77.6 Å². The largest absolute Gasteiger partial charge is 0.496 e. The number of methoxy groups -OCH3 is 1. The molecule has 1 aromatic carbocycles. The number of aliphatic hydroxyl groups is 1. The van der Waals surface area contributed by atoms with Crippen LogP contribution in [-0.2, 0) is 14.3 Å². The molecule has 10 nitrogen and oxygen atoms in total. The van der Waals surface area contributed by atoms with Gasteiger partial charge in [0, 0.05) is 34.7 Å². The molecule has 0 saturated heterocycles. The Morgan fingerprint density at radius 3 is 2.71 bits per heavy atom. The molecule has 0 unspecified atom stereocenters. The van der Waals surface area contributed by atoms with E-state index in [4.69, 9.17) is 29.3 Å². The SMILES string of the molecule is CCOC(=O)[C@@]1(NC(=O)[C@@H]2C[C@@H](Oc3cc(-c4nc(C(C)C)cs4)nc4c(C)c(OC)ccc34)C[C@H]2F)C[C@H]1/C=C\CCCCN(C)CO.